The molecule has 6 heteroatoms. The van der Waals surface area contributed by atoms with Crippen LogP contribution in [0.3, 0.4) is 0 Å². The summed E-state index contributed by atoms with van der Waals surface area (Å²) >= 11 is 0. The summed E-state index contributed by atoms with van der Waals surface area (Å²) in [6.45, 7) is 1.74. The summed E-state index contributed by atoms with van der Waals surface area (Å²) in [5.74, 6) is -0.877. The Balaban J connectivity index is 2.27. The minimum absolute atomic E-state index is 0.00240. The molecule has 0 heterocycles. The minimum atomic E-state index is -0.829. The topological polar surface area (TPSA) is 87.7 Å². The van der Waals surface area contributed by atoms with E-state index in [0.717, 1.165) is 12.8 Å². The third kappa shape index (κ3) is 2.59. The zero-order valence-corrected chi connectivity index (χ0v) is 11.3. The lowest BCUT2D eigenvalue weighted by Gasteiger charge is -2.29. The number of amidine groups is 1. The van der Waals surface area contributed by atoms with Crippen LogP contribution in [0.5, 0.6) is 0 Å². The predicted octanol–water partition coefficient (Wildman–Crippen LogP) is 1.92. The third-order valence-corrected chi connectivity index (χ3v) is 3.85. The van der Waals surface area contributed by atoms with Crippen LogP contribution in [0.2, 0.25) is 0 Å². The number of hydrogen-bond acceptors (Lipinski definition) is 3. The standard InChI is InChI=1S/C14H18FN3O2/c1-9-4-5-10(15)8-11(9)12(19)17-14(13(16)18-20)6-2-3-7-14/h4-5,8,20H,2-3,6-7H2,1H3,(H2,16,18)(H,17,19). The number of aryl methyl sites for hydroxylation is 1. The van der Waals surface area contributed by atoms with Crippen LogP contribution in [0.4, 0.5) is 4.39 Å². The van der Waals surface area contributed by atoms with Gasteiger partial charge in [0.05, 0.1) is 0 Å². The van der Waals surface area contributed by atoms with Crippen LogP contribution in [0.1, 0.15) is 41.6 Å². The van der Waals surface area contributed by atoms with Gasteiger partial charge in [-0.15, -0.1) is 0 Å². The molecule has 1 aromatic carbocycles. The average Bonchev–Trinajstić information content (AvgIpc) is 2.90. The summed E-state index contributed by atoms with van der Waals surface area (Å²) in [6.07, 6.45) is 3.00. The molecule has 0 spiro atoms. The molecule has 1 aliphatic carbocycles. The monoisotopic (exact) mass is 279 g/mol. The van der Waals surface area contributed by atoms with Crippen molar-refractivity contribution in [2.24, 2.45) is 10.9 Å². The maximum absolute atomic E-state index is 13.3. The molecule has 0 unspecified atom stereocenters. The van der Waals surface area contributed by atoms with Gasteiger partial charge in [0.2, 0.25) is 0 Å². The average molecular weight is 279 g/mol. The fourth-order valence-corrected chi connectivity index (χ4v) is 2.64. The molecule has 2 rings (SSSR count). The predicted molar refractivity (Wildman–Crippen MR) is 73.2 cm³/mol. The quantitative estimate of drug-likeness (QED) is 0.342. The van der Waals surface area contributed by atoms with Gasteiger partial charge in [0, 0.05) is 5.56 Å². The molecule has 0 saturated heterocycles. The van der Waals surface area contributed by atoms with Gasteiger partial charge in [0.25, 0.3) is 5.91 Å². The van der Waals surface area contributed by atoms with Gasteiger partial charge in [-0.25, -0.2) is 4.39 Å². The second-order valence-corrected chi connectivity index (χ2v) is 5.19. The largest absolute Gasteiger partial charge is 0.409 e. The van der Waals surface area contributed by atoms with E-state index in [-0.39, 0.29) is 11.4 Å². The molecule has 20 heavy (non-hydrogen) atoms. The Morgan fingerprint density at radius 3 is 2.70 bits per heavy atom. The number of nitrogens with one attached hydrogen (secondary N) is 1. The van der Waals surface area contributed by atoms with Crippen molar-refractivity contribution >= 4 is 11.7 Å². The number of carbonyl (C=O) groups excluding carboxylic acids is 1. The SMILES string of the molecule is Cc1ccc(F)cc1C(=O)NC1(C(N)=NO)CCCC1. The van der Waals surface area contributed by atoms with Crippen molar-refractivity contribution in [3.05, 3.63) is 35.1 Å². The number of amides is 1. The molecule has 0 radical (unpaired) electrons. The first kappa shape index (κ1) is 14.3. The van der Waals surface area contributed by atoms with Crippen molar-refractivity contribution in [2.75, 3.05) is 0 Å². The van der Waals surface area contributed by atoms with Gasteiger partial charge in [0.15, 0.2) is 5.84 Å². The van der Waals surface area contributed by atoms with Gasteiger partial charge in [-0.05, 0) is 37.5 Å². The number of halogens is 1. The molecule has 0 aromatic heterocycles. The number of nitrogens with two attached hydrogens (primary N) is 1. The molecule has 1 aromatic rings. The highest BCUT2D eigenvalue weighted by molar-refractivity contribution is 6.01. The van der Waals surface area contributed by atoms with Crippen molar-refractivity contribution in [1.29, 1.82) is 0 Å². The van der Waals surface area contributed by atoms with Crippen LogP contribution in [0.15, 0.2) is 23.4 Å². The highest BCUT2D eigenvalue weighted by Crippen LogP contribution is 2.30. The van der Waals surface area contributed by atoms with Gasteiger partial charge < -0.3 is 16.3 Å². The molecule has 108 valence electrons. The van der Waals surface area contributed by atoms with E-state index in [4.69, 9.17) is 10.9 Å². The van der Waals surface area contributed by atoms with E-state index in [0.29, 0.717) is 18.4 Å². The first-order valence-corrected chi connectivity index (χ1v) is 6.55. The summed E-state index contributed by atoms with van der Waals surface area (Å²) in [6, 6.07) is 4.05. The van der Waals surface area contributed by atoms with Gasteiger partial charge >= 0.3 is 0 Å². The minimum Gasteiger partial charge on any atom is -0.409 e. The molecule has 1 aliphatic rings. The van der Waals surface area contributed by atoms with E-state index >= 15 is 0 Å². The lowest BCUT2D eigenvalue weighted by Crippen LogP contribution is -2.55. The van der Waals surface area contributed by atoms with Crippen LogP contribution in [-0.2, 0) is 0 Å². The van der Waals surface area contributed by atoms with E-state index < -0.39 is 17.3 Å². The van der Waals surface area contributed by atoms with E-state index in [1.54, 1.807) is 13.0 Å². The normalized spacial score (nSPS) is 18.0. The number of hydrogen-bond donors (Lipinski definition) is 3. The van der Waals surface area contributed by atoms with Crippen molar-refractivity contribution in [3.63, 3.8) is 0 Å². The Morgan fingerprint density at radius 1 is 1.45 bits per heavy atom. The van der Waals surface area contributed by atoms with Gasteiger partial charge in [-0.2, -0.15) is 0 Å². The van der Waals surface area contributed by atoms with Crippen LogP contribution in [0.25, 0.3) is 0 Å². The highest BCUT2D eigenvalue weighted by atomic mass is 19.1. The zero-order valence-electron chi connectivity index (χ0n) is 11.3. The number of carbonyl (C=O) groups is 1. The Kier molecular flexibility index (Phi) is 3.92. The number of benzene rings is 1. The van der Waals surface area contributed by atoms with E-state index in [2.05, 4.69) is 10.5 Å². The van der Waals surface area contributed by atoms with E-state index in [9.17, 15) is 9.18 Å². The Bertz CT molecular complexity index is 551. The summed E-state index contributed by atoms with van der Waals surface area (Å²) in [5, 5.41) is 14.7. The summed E-state index contributed by atoms with van der Waals surface area (Å²) < 4.78 is 13.3. The summed E-state index contributed by atoms with van der Waals surface area (Å²) in [5.41, 5.74) is 5.83. The molecule has 0 aliphatic heterocycles. The number of nitrogens with zero attached hydrogens (tertiary/aromatic N) is 1. The fraction of sp³-hybridized carbons (Fsp3) is 0.429. The third-order valence-electron chi connectivity index (χ3n) is 3.85. The molecular weight excluding hydrogens is 261 g/mol. The van der Waals surface area contributed by atoms with E-state index in [1.165, 1.54) is 12.1 Å². The first-order valence-electron chi connectivity index (χ1n) is 6.55. The molecular formula is C14H18FN3O2. The van der Waals surface area contributed by atoms with Crippen LogP contribution in [-0.4, -0.2) is 22.5 Å². The molecule has 0 bridgehead atoms. The van der Waals surface area contributed by atoms with E-state index in [1.807, 2.05) is 0 Å². The van der Waals surface area contributed by atoms with Gasteiger partial charge in [-0.3, -0.25) is 4.79 Å². The molecule has 0 atom stereocenters. The van der Waals surface area contributed by atoms with Crippen LogP contribution < -0.4 is 11.1 Å². The molecule has 5 nitrogen and oxygen atoms in total. The fourth-order valence-electron chi connectivity index (χ4n) is 2.64. The summed E-state index contributed by atoms with van der Waals surface area (Å²) in [4.78, 5) is 12.3. The van der Waals surface area contributed by atoms with Crippen molar-refractivity contribution in [1.82, 2.24) is 5.32 Å². The van der Waals surface area contributed by atoms with Crippen molar-refractivity contribution < 1.29 is 14.4 Å². The first-order chi connectivity index (χ1) is 9.48. The Labute approximate surface area is 116 Å². The molecule has 1 saturated carbocycles. The maximum Gasteiger partial charge on any atom is 0.252 e. The second kappa shape index (κ2) is 5.48. The van der Waals surface area contributed by atoms with Crippen molar-refractivity contribution in [3.8, 4) is 0 Å². The lowest BCUT2D eigenvalue weighted by atomic mass is 9.95. The molecule has 4 N–H and O–H groups in total. The van der Waals surface area contributed by atoms with Crippen LogP contribution >= 0.6 is 0 Å². The molecule has 1 amide bonds. The molecule has 1 fully saturated rings. The highest BCUT2D eigenvalue weighted by Gasteiger charge is 2.40. The lowest BCUT2D eigenvalue weighted by molar-refractivity contribution is 0.0921. The maximum atomic E-state index is 13.3. The number of rotatable bonds is 3. The summed E-state index contributed by atoms with van der Waals surface area (Å²) in [7, 11) is 0. The van der Waals surface area contributed by atoms with Crippen molar-refractivity contribution in [2.45, 2.75) is 38.1 Å². The second-order valence-electron chi connectivity index (χ2n) is 5.19. The zero-order chi connectivity index (χ0) is 14.8. The van der Waals surface area contributed by atoms with Gasteiger partial charge in [-0.1, -0.05) is 24.1 Å². The Morgan fingerprint density at radius 2 is 2.10 bits per heavy atom. The smallest absolute Gasteiger partial charge is 0.252 e. The number of oxime groups is 1. The Hall–Kier alpha value is -2.11. The van der Waals surface area contributed by atoms with Crippen LogP contribution in [0, 0.1) is 12.7 Å². The van der Waals surface area contributed by atoms with Gasteiger partial charge in [0.1, 0.15) is 11.4 Å².